The highest BCUT2D eigenvalue weighted by atomic mass is 16.6. The van der Waals surface area contributed by atoms with Crippen molar-refractivity contribution in [2.45, 2.75) is 129 Å². The molecule has 2 saturated heterocycles. The van der Waals surface area contributed by atoms with Crippen LogP contribution in [0.4, 0.5) is 4.79 Å². The number of ether oxygens (including phenoxy) is 1. The molecule has 6 rings (SSSR count). The summed E-state index contributed by atoms with van der Waals surface area (Å²) in [5.74, 6) is 1.60. The van der Waals surface area contributed by atoms with Crippen molar-refractivity contribution in [1.82, 2.24) is 20.2 Å². The number of nitrogens with zero attached hydrogens (tertiary/aromatic N) is 3. The molecule has 2 aliphatic carbocycles. The summed E-state index contributed by atoms with van der Waals surface area (Å²) in [6, 6.07) is 8.75. The zero-order valence-electron chi connectivity index (χ0n) is 29.1. The minimum Gasteiger partial charge on any atom is -0.444 e. The molecule has 4 aliphatic rings. The van der Waals surface area contributed by atoms with Crippen LogP contribution in [0.3, 0.4) is 0 Å². The van der Waals surface area contributed by atoms with E-state index in [1.165, 1.54) is 60.3 Å². The molecule has 0 spiro atoms. The zero-order valence-corrected chi connectivity index (χ0v) is 29.1. The van der Waals surface area contributed by atoms with E-state index < -0.39 is 5.60 Å². The summed E-state index contributed by atoms with van der Waals surface area (Å²) in [7, 11) is 0. The number of aryl methyl sites for hydroxylation is 6. The van der Waals surface area contributed by atoms with Crippen LogP contribution >= 0.6 is 0 Å². The number of ketones is 2. The third kappa shape index (κ3) is 11.2. The van der Waals surface area contributed by atoms with Gasteiger partial charge in [0.15, 0.2) is 0 Å². The van der Waals surface area contributed by atoms with Crippen molar-refractivity contribution in [3.8, 4) is 0 Å². The van der Waals surface area contributed by atoms with Crippen LogP contribution in [0.25, 0.3) is 0 Å². The third-order valence-electron chi connectivity index (χ3n) is 9.76. The largest absolute Gasteiger partial charge is 0.444 e. The van der Waals surface area contributed by atoms with E-state index in [1.807, 2.05) is 20.8 Å². The van der Waals surface area contributed by atoms with Crippen molar-refractivity contribution in [3.63, 3.8) is 0 Å². The van der Waals surface area contributed by atoms with Gasteiger partial charge in [-0.15, -0.1) is 0 Å². The Balaban J connectivity index is 0.000000193. The standard InChI is InChI=1S/C22H32N2O3.C17H24N2O/c1-22(2,3)27-21(26)24-14-16(15-24)13-19(25)9-6-8-18-12-11-17-7-4-5-10-20(17)23-18;20-16(10-13-11-18-12-13)6-3-5-15-9-8-14-4-1-2-7-17(14)19-15/h11-12,16H,4-10,13-15H2,1-3H3;8-9,13,18H,1-7,10-12H2. The topological polar surface area (TPSA) is 101 Å². The highest BCUT2D eigenvalue weighted by Crippen LogP contribution is 2.24. The predicted octanol–water partition coefficient (Wildman–Crippen LogP) is 6.57. The molecule has 1 amide bonds. The van der Waals surface area contributed by atoms with E-state index in [2.05, 4.69) is 29.6 Å². The second-order valence-electron chi connectivity index (χ2n) is 15.2. The molecular formula is C39H56N4O4. The van der Waals surface area contributed by atoms with E-state index in [0.29, 0.717) is 43.4 Å². The molecule has 2 aliphatic heterocycles. The molecule has 8 nitrogen and oxygen atoms in total. The Labute approximate surface area is 281 Å². The second-order valence-corrected chi connectivity index (χ2v) is 15.2. The van der Waals surface area contributed by atoms with E-state index in [4.69, 9.17) is 14.7 Å². The number of carbonyl (C=O) groups is 3. The van der Waals surface area contributed by atoms with Gasteiger partial charge in [-0.05, 0) is 140 Å². The summed E-state index contributed by atoms with van der Waals surface area (Å²) in [4.78, 5) is 47.2. The molecule has 0 aromatic carbocycles. The van der Waals surface area contributed by atoms with E-state index >= 15 is 0 Å². The van der Waals surface area contributed by atoms with Crippen molar-refractivity contribution in [3.05, 3.63) is 58.2 Å². The normalized spacial score (nSPS) is 17.7. The van der Waals surface area contributed by atoms with Gasteiger partial charge in [0.2, 0.25) is 0 Å². The van der Waals surface area contributed by atoms with Crippen LogP contribution in [0.2, 0.25) is 0 Å². The molecule has 2 aromatic rings. The number of fused-ring (bicyclic) bond motifs is 2. The van der Waals surface area contributed by atoms with Crippen LogP contribution in [-0.4, -0.2) is 64.3 Å². The summed E-state index contributed by atoms with van der Waals surface area (Å²) < 4.78 is 5.34. The Hall–Kier alpha value is -3.13. The van der Waals surface area contributed by atoms with E-state index in [0.717, 1.165) is 76.6 Å². The number of likely N-dealkylation sites (tertiary alicyclic amines) is 1. The van der Waals surface area contributed by atoms with Crippen LogP contribution in [0.5, 0.6) is 0 Å². The molecule has 2 aromatic heterocycles. The van der Waals surface area contributed by atoms with Crippen molar-refractivity contribution < 1.29 is 19.1 Å². The fourth-order valence-corrected chi connectivity index (χ4v) is 6.98. The highest BCUT2D eigenvalue weighted by molar-refractivity contribution is 5.79. The van der Waals surface area contributed by atoms with Gasteiger partial charge in [0.1, 0.15) is 17.2 Å². The molecule has 0 atom stereocenters. The molecule has 2 fully saturated rings. The van der Waals surface area contributed by atoms with E-state index in [1.54, 1.807) is 4.90 Å². The lowest BCUT2D eigenvalue weighted by Crippen LogP contribution is -2.52. The van der Waals surface area contributed by atoms with Gasteiger partial charge >= 0.3 is 6.09 Å². The second kappa shape index (κ2) is 16.8. The van der Waals surface area contributed by atoms with Gasteiger partial charge in [-0.1, -0.05) is 12.1 Å². The number of nitrogens with one attached hydrogen (secondary N) is 1. The first-order chi connectivity index (χ1) is 22.6. The Kier molecular flexibility index (Phi) is 12.6. The van der Waals surface area contributed by atoms with Crippen molar-refractivity contribution in [2.75, 3.05) is 26.2 Å². The fourth-order valence-electron chi connectivity index (χ4n) is 6.98. The molecule has 0 saturated carbocycles. The third-order valence-corrected chi connectivity index (χ3v) is 9.76. The molecule has 8 heteroatoms. The summed E-state index contributed by atoms with van der Waals surface area (Å²) in [5.41, 5.74) is 7.23. The van der Waals surface area contributed by atoms with Gasteiger partial charge in [0.25, 0.3) is 0 Å². The van der Waals surface area contributed by atoms with E-state index in [-0.39, 0.29) is 12.0 Å². The minimum atomic E-state index is -0.470. The molecular weight excluding hydrogens is 588 g/mol. The first-order valence-electron chi connectivity index (χ1n) is 18.3. The number of pyridine rings is 2. The Morgan fingerprint density at radius 2 is 1.23 bits per heavy atom. The number of rotatable bonds is 12. The van der Waals surface area contributed by atoms with Crippen LogP contribution in [-0.2, 0) is 52.9 Å². The average molecular weight is 645 g/mol. The predicted molar refractivity (Wildman–Crippen MR) is 185 cm³/mol. The van der Waals surface area contributed by atoms with Gasteiger partial charge in [-0.2, -0.15) is 0 Å². The molecule has 47 heavy (non-hydrogen) atoms. The Morgan fingerprint density at radius 1 is 0.745 bits per heavy atom. The first kappa shape index (κ1) is 35.2. The summed E-state index contributed by atoms with van der Waals surface area (Å²) in [6.45, 7) is 8.91. The van der Waals surface area contributed by atoms with Crippen molar-refractivity contribution >= 4 is 17.7 Å². The lowest BCUT2D eigenvalue weighted by atomic mass is 9.92. The Bertz CT molecular complexity index is 1370. The Morgan fingerprint density at radius 3 is 1.70 bits per heavy atom. The highest BCUT2D eigenvalue weighted by Gasteiger charge is 2.34. The zero-order chi connectivity index (χ0) is 33.2. The van der Waals surface area contributed by atoms with Crippen molar-refractivity contribution in [1.29, 1.82) is 0 Å². The maximum atomic E-state index is 12.2. The monoisotopic (exact) mass is 644 g/mol. The van der Waals surface area contributed by atoms with Crippen molar-refractivity contribution in [2.24, 2.45) is 11.8 Å². The lowest BCUT2D eigenvalue weighted by molar-refractivity contribution is -0.121. The first-order valence-corrected chi connectivity index (χ1v) is 18.3. The van der Waals surface area contributed by atoms with Gasteiger partial charge in [-0.3, -0.25) is 19.6 Å². The fraction of sp³-hybridized carbons (Fsp3) is 0.667. The van der Waals surface area contributed by atoms with Crippen LogP contribution in [0.15, 0.2) is 24.3 Å². The summed E-state index contributed by atoms with van der Waals surface area (Å²) >= 11 is 0. The minimum absolute atomic E-state index is 0.273. The number of amides is 1. The number of Topliss-reactive ketones (excluding diaryl/α,β-unsaturated/α-hetero) is 2. The average Bonchev–Trinajstić information content (AvgIpc) is 3.00. The van der Waals surface area contributed by atoms with Gasteiger partial charge in [-0.25, -0.2) is 4.79 Å². The maximum absolute atomic E-state index is 12.2. The molecule has 0 radical (unpaired) electrons. The molecule has 1 N–H and O–H groups in total. The van der Waals surface area contributed by atoms with Gasteiger partial charge in [0, 0.05) is 67.5 Å². The molecule has 0 unspecified atom stereocenters. The molecule has 4 heterocycles. The molecule has 256 valence electrons. The van der Waals surface area contributed by atoms with Crippen LogP contribution in [0.1, 0.15) is 119 Å². The number of hydrogen-bond donors (Lipinski definition) is 1. The van der Waals surface area contributed by atoms with E-state index in [9.17, 15) is 14.4 Å². The van der Waals surface area contributed by atoms with Crippen LogP contribution < -0.4 is 5.32 Å². The number of hydrogen-bond acceptors (Lipinski definition) is 7. The summed E-state index contributed by atoms with van der Waals surface area (Å²) in [5, 5.41) is 3.22. The smallest absolute Gasteiger partial charge is 0.410 e. The quantitative estimate of drug-likeness (QED) is 0.279. The van der Waals surface area contributed by atoms with Gasteiger partial charge in [0.05, 0.1) is 0 Å². The maximum Gasteiger partial charge on any atom is 0.410 e. The van der Waals surface area contributed by atoms with Crippen LogP contribution in [0, 0.1) is 11.8 Å². The lowest BCUT2D eigenvalue weighted by Gasteiger charge is -2.39. The molecule has 0 bridgehead atoms. The SMILES string of the molecule is CC(C)(C)OC(=O)N1CC(CC(=O)CCCc2ccc3c(n2)CCCC3)C1.O=C(CCCc1ccc2c(n1)CCCC2)CC1CNC1. The number of carbonyl (C=O) groups excluding carboxylic acids is 3. The van der Waals surface area contributed by atoms with Gasteiger partial charge < -0.3 is 15.0 Å². The summed E-state index contributed by atoms with van der Waals surface area (Å²) in [6.07, 6.45) is 15.7. The number of aromatic nitrogens is 2.